The molecule has 0 fully saturated rings. The zero-order chi connectivity index (χ0) is 14.8. The fraction of sp³-hybridized carbons (Fsp3) is 0.111. The molecule has 3 aromatic rings. The van der Waals surface area contributed by atoms with Crippen LogP contribution in [0.5, 0.6) is 0 Å². The minimum Gasteiger partial charge on any atom is -0.340 e. The molecule has 3 rings (SSSR count). The molecular weight excluding hydrogens is 260 g/mol. The van der Waals surface area contributed by atoms with E-state index in [4.69, 9.17) is 5.26 Å². The maximum absolute atomic E-state index is 11.4. The summed E-state index contributed by atoms with van der Waals surface area (Å²) in [6.45, 7) is 2.60. The molecule has 0 aliphatic carbocycles. The fourth-order valence-electron chi connectivity index (χ4n) is 2.73. The number of fused-ring (bicyclic) bond motifs is 1. The van der Waals surface area contributed by atoms with Crippen molar-refractivity contribution in [3.05, 3.63) is 70.9 Å². The van der Waals surface area contributed by atoms with Gasteiger partial charge in [0.25, 0.3) is 0 Å². The third kappa shape index (κ3) is 2.21. The summed E-state index contributed by atoms with van der Waals surface area (Å²) >= 11 is 0. The SMILES string of the molecule is Cc1c(C=O)c2ccccc2n1Cc1cccc(C#N)c1. The monoisotopic (exact) mass is 274 g/mol. The highest BCUT2D eigenvalue weighted by Gasteiger charge is 2.13. The Bertz CT molecular complexity index is 869. The van der Waals surface area contributed by atoms with Crippen molar-refractivity contribution in [3.63, 3.8) is 0 Å². The molecule has 0 spiro atoms. The van der Waals surface area contributed by atoms with Crippen molar-refractivity contribution >= 4 is 17.2 Å². The predicted molar refractivity (Wildman–Crippen MR) is 82.3 cm³/mol. The number of hydrogen-bond acceptors (Lipinski definition) is 2. The normalized spacial score (nSPS) is 10.5. The van der Waals surface area contributed by atoms with Crippen molar-refractivity contribution in [2.24, 2.45) is 0 Å². The number of benzene rings is 2. The van der Waals surface area contributed by atoms with Gasteiger partial charge in [-0.2, -0.15) is 5.26 Å². The molecule has 0 N–H and O–H groups in total. The van der Waals surface area contributed by atoms with Crippen molar-refractivity contribution in [1.29, 1.82) is 5.26 Å². The summed E-state index contributed by atoms with van der Waals surface area (Å²) in [7, 11) is 0. The van der Waals surface area contributed by atoms with E-state index in [2.05, 4.69) is 10.6 Å². The smallest absolute Gasteiger partial charge is 0.152 e. The summed E-state index contributed by atoms with van der Waals surface area (Å²) in [6.07, 6.45) is 0.917. The largest absolute Gasteiger partial charge is 0.340 e. The highest BCUT2D eigenvalue weighted by Crippen LogP contribution is 2.25. The van der Waals surface area contributed by atoms with Crippen molar-refractivity contribution in [2.45, 2.75) is 13.5 Å². The highest BCUT2D eigenvalue weighted by atomic mass is 16.1. The summed E-state index contributed by atoms with van der Waals surface area (Å²) in [5, 5.41) is 9.97. The van der Waals surface area contributed by atoms with Gasteiger partial charge in [0.05, 0.1) is 11.6 Å². The van der Waals surface area contributed by atoms with E-state index in [1.807, 2.05) is 49.4 Å². The average Bonchev–Trinajstić information content (AvgIpc) is 2.79. The second kappa shape index (κ2) is 5.26. The van der Waals surface area contributed by atoms with Crippen LogP contribution in [0.4, 0.5) is 0 Å². The predicted octanol–water partition coefficient (Wildman–Crippen LogP) is 3.68. The molecule has 0 radical (unpaired) electrons. The lowest BCUT2D eigenvalue weighted by Crippen LogP contribution is -2.02. The number of carbonyl (C=O) groups is 1. The molecule has 0 amide bonds. The minimum absolute atomic E-state index is 0.649. The molecule has 0 aliphatic rings. The van der Waals surface area contributed by atoms with Crippen molar-refractivity contribution in [1.82, 2.24) is 4.57 Å². The Labute approximate surface area is 123 Å². The van der Waals surface area contributed by atoms with Crippen LogP contribution in [0.1, 0.15) is 27.2 Å². The Morgan fingerprint density at radius 2 is 2.00 bits per heavy atom. The van der Waals surface area contributed by atoms with Gasteiger partial charge in [0, 0.05) is 28.7 Å². The molecule has 0 atom stereocenters. The van der Waals surface area contributed by atoms with E-state index in [0.717, 1.165) is 34.0 Å². The Morgan fingerprint density at radius 1 is 1.19 bits per heavy atom. The number of para-hydroxylation sites is 1. The molecule has 3 heteroatoms. The Balaban J connectivity index is 2.14. The van der Waals surface area contributed by atoms with E-state index in [9.17, 15) is 4.79 Å². The van der Waals surface area contributed by atoms with Gasteiger partial charge in [0.15, 0.2) is 6.29 Å². The molecule has 0 bridgehead atoms. The fourth-order valence-corrected chi connectivity index (χ4v) is 2.73. The van der Waals surface area contributed by atoms with Gasteiger partial charge in [-0.3, -0.25) is 4.79 Å². The van der Waals surface area contributed by atoms with E-state index >= 15 is 0 Å². The number of rotatable bonds is 3. The summed E-state index contributed by atoms with van der Waals surface area (Å²) in [6, 6.07) is 17.6. The third-order valence-electron chi connectivity index (χ3n) is 3.79. The lowest BCUT2D eigenvalue weighted by molar-refractivity contribution is 0.112. The van der Waals surface area contributed by atoms with Crippen LogP contribution in [0, 0.1) is 18.3 Å². The van der Waals surface area contributed by atoms with Crippen LogP contribution in [0.3, 0.4) is 0 Å². The molecule has 0 saturated heterocycles. The van der Waals surface area contributed by atoms with Crippen LogP contribution in [0.25, 0.3) is 10.9 Å². The topological polar surface area (TPSA) is 45.8 Å². The van der Waals surface area contributed by atoms with Crippen LogP contribution in [-0.2, 0) is 6.54 Å². The zero-order valence-corrected chi connectivity index (χ0v) is 11.7. The van der Waals surface area contributed by atoms with Crippen LogP contribution in [-0.4, -0.2) is 10.9 Å². The van der Waals surface area contributed by atoms with Gasteiger partial charge >= 0.3 is 0 Å². The summed E-state index contributed by atoms with van der Waals surface area (Å²) in [5.41, 5.74) is 4.43. The lowest BCUT2D eigenvalue weighted by atomic mass is 10.1. The standard InChI is InChI=1S/C18H14N2O/c1-13-17(12-21)16-7-2-3-8-18(16)20(13)11-15-6-4-5-14(9-15)10-19/h2-9,12H,11H2,1H3. The first-order chi connectivity index (χ1) is 10.2. The second-order valence-electron chi connectivity index (χ2n) is 5.03. The van der Waals surface area contributed by atoms with Crippen molar-refractivity contribution in [3.8, 4) is 6.07 Å². The molecule has 0 aliphatic heterocycles. The first kappa shape index (κ1) is 13.1. The van der Waals surface area contributed by atoms with Gasteiger partial charge in [-0.25, -0.2) is 0 Å². The van der Waals surface area contributed by atoms with E-state index in [0.29, 0.717) is 12.1 Å². The highest BCUT2D eigenvalue weighted by molar-refractivity contribution is 5.99. The quantitative estimate of drug-likeness (QED) is 0.684. The maximum atomic E-state index is 11.4. The molecule has 1 aromatic heterocycles. The van der Waals surface area contributed by atoms with Crippen molar-refractivity contribution < 1.29 is 4.79 Å². The van der Waals surface area contributed by atoms with Crippen LogP contribution < -0.4 is 0 Å². The number of nitriles is 1. The van der Waals surface area contributed by atoms with E-state index in [1.165, 1.54) is 0 Å². The van der Waals surface area contributed by atoms with Gasteiger partial charge in [-0.05, 0) is 30.7 Å². The van der Waals surface area contributed by atoms with Gasteiger partial charge in [0.2, 0.25) is 0 Å². The number of nitrogens with zero attached hydrogens (tertiary/aromatic N) is 2. The summed E-state index contributed by atoms with van der Waals surface area (Å²) < 4.78 is 2.12. The Morgan fingerprint density at radius 3 is 2.76 bits per heavy atom. The lowest BCUT2D eigenvalue weighted by Gasteiger charge is -2.09. The molecule has 1 heterocycles. The van der Waals surface area contributed by atoms with Gasteiger partial charge in [-0.1, -0.05) is 30.3 Å². The van der Waals surface area contributed by atoms with Crippen molar-refractivity contribution in [2.75, 3.05) is 0 Å². The number of carbonyl (C=O) groups excluding carboxylic acids is 1. The van der Waals surface area contributed by atoms with E-state index in [-0.39, 0.29) is 0 Å². The molecule has 21 heavy (non-hydrogen) atoms. The zero-order valence-electron chi connectivity index (χ0n) is 11.7. The molecule has 2 aromatic carbocycles. The number of hydrogen-bond donors (Lipinski definition) is 0. The van der Waals surface area contributed by atoms with Crippen LogP contribution in [0.2, 0.25) is 0 Å². The van der Waals surface area contributed by atoms with E-state index < -0.39 is 0 Å². The number of aromatic nitrogens is 1. The summed E-state index contributed by atoms with van der Waals surface area (Å²) in [5.74, 6) is 0. The molecule has 3 nitrogen and oxygen atoms in total. The van der Waals surface area contributed by atoms with Gasteiger partial charge < -0.3 is 4.57 Å². The minimum atomic E-state index is 0.649. The molecular formula is C18H14N2O. The Kier molecular flexibility index (Phi) is 3.29. The third-order valence-corrected chi connectivity index (χ3v) is 3.79. The average molecular weight is 274 g/mol. The van der Waals surface area contributed by atoms with Crippen LogP contribution in [0.15, 0.2) is 48.5 Å². The number of aldehydes is 1. The molecule has 102 valence electrons. The molecule has 0 saturated carbocycles. The van der Waals surface area contributed by atoms with Gasteiger partial charge in [0.1, 0.15) is 0 Å². The Hall–Kier alpha value is -2.86. The first-order valence-electron chi connectivity index (χ1n) is 6.76. The summed E-state index contributed by atoms with van der Waals surface area (Å²) in [4.78, 5) is 11.4. The van der Waals surface area contributed by atoms with Crippen LogP contribution >= 0.6 is 0 Å². The maximum Gasteiger partial charge on any atom is 0.152 e. The molecule has 0 unspecified atom stereocenters. The van der Waals surface area contributed by atoms with E-state index in [1.54, 1.807) is 6.07 Å². The van der Waals surface area contributed by atoms with Gasteiger partial charge in [-0.15, -0.1) is 0 Å². The first-order valence-corrected chi connectivity index (χ1v) is 6.76. The second-order valence-corrected chi connectivity index (χ2v) is 5.03.